The summed E-state index contributed by atoms with van der Waals surface area (Å²) in [6.45, 7) is 2.09. The second-order valence-electron chi connectivity index (χ2n) is 5.83. The minimum absolute atomic E-state index is 0.180. The van der Waals surface area contributed by atoms with Crippen LogP contribution in [0.1, 0.15) is 19.3 Å². The second-order valence-corrected chi connectivity index (χ2v) is 6.27. The first-order valence-corrected chi connectivity index (χ1v) is 7.71. The van der Waals surface area contributed by atoms with Crippen LogP contribution in [0.2, 0.25) is 5.02 Å². The van der Waals surface area contributed by atoms with Crippen molar-refractivity contribution in [1.82, 2.24) is 10.2 Å². The van der Waals surface area contributed by atoms with Gasteiger partial charge < -0.3 is 10.6 Å². The van der Waals surface area contributed by atoms with Crippen LogP contribution in [0.3, 0.4) is 0 Å². The fourth-order valence-electron chi connectivity index (χ4n) is 3.14. The fourth-order valence-corrected chi connectivity index (χ4v) is 3.30. The van der Waals surface area contributed by atoms with E-state index in [9.17, 15) is 9.18 Å². The summed E-state index contributed by atoms with van der Waals surface area (Å²) in [5, 5.41) is 6.51. The van der Waals surface area contributed by atoms with Crippen LogP contribution in [-0.4, -0.2) is 42.5 Å². The van der Waals surface area contributed by atoms with Crippen LogP contribution >= 0.6 is 11.6 Å². The Labute approximate surface area is 128 Å². The lowest BCUT2D eigenvalue weighted by Gasteiger charge is -2.23. The number of benzene rings is 1. The van der Waals surface area contributed by atoms with Gasteiger partial charge in [0.15, 0.2) is 0 Å². The largest absolute Gasteiger partial charge is 0.322 e. The topological polar surface area (TPSA) is 44.4 Å². The Hall–Kier alpha value is -1.17. The maximum Gasteiger partial charge on any atom is 0.238 e. The molecule has 0 aromatic heterocycles. The summed E-state index contributed by atoms with van der Waals surface area (Å²) in [6.07, 6.45) is 3.48. The average Bonchev–Trinajstić information content (AvgIpc) is 2.76. The Morgan fingerprint density at radius 1 is 1.38 bits per heavy atom. The van der Waals surface area contributed by atoms with Crippen LogP contribution in [0.25, 0.3) is 0 Å². The predicted octanol–water partition coefficient (Wildman–Crippen LogP) is 2.24. The summed E-state index contributed by atoms with van der Waals surface area (Å²) in [4.78, 5) is 14.2. The summed E-state index contributed by atoms with van der Waals surface area (Å²) in [5.74, 6) is -0.693. The van der Waals surface area contributed by atoms with Crippen LogP contribution < -0.4 is 10.6 Å². The molecule has 0 aliphatic carbocycles. The molecule has 1 aromatic rings. The fraction of sp³-hybridized carbons (Fsp3) is 0.533. The molecule has 2 bridgehead atoms. The van der Waals surface area contributed by atoms with E-state index in [1.54, 1.807) is 6.07 Å². The van der Waals surface area contributed by atoms with Crippen molar-refractivity contribution in [3.8, 4) is 0 Å². The zero-order valence-electron chi connectivity index (χ0n) is 11.7. The number of likely N-dealkylation sites (tertiary alicyclic amines) is 1. The highest BCUT2D eigenvalue weighted by molar-refractivity contribution is 6.30. The zero-order chi connectivity index (χ0) is 14.8. The molecule has 2 atom stereocenters. The Kier molecular flexibility index (Phi) is 4.42. The van der Waals surface area contributed by atoms with Crippen molar-refractivity contribution in [1.29, 1.82) is 0 Å². The standard InChI is InChI=1S/C15H19ClFN3O/c16-10-1-4-14(13(17)7-10)19-15(21)9-20-6-5-11-2-3-12(8-20)18-11/h1,4,7,11-12,18H,2-3,5-6,8-9H2,(H,19,21). The van der Waals surface area contributed by atoms with E-state index in [0.29, 0.717) is 23.7 Å². The molecule has 2 N–H and O–H groups in total. The van der Waals surface area contributed by atoms with Gasteiger partial charge in [-0.05, 0) is 37.5 Å². The van der Waals surface area contributed by atoms with Crippen LogP contribution in [0.4, 0.5) is 10.1 Å². The molecular weight excluding hydrogens is 293 g/mol. The van der Waals surface area contributed by atoms with E-state index >= 15 is 0 Å². The number of halogens is 2. The molecule has 21 heavy (non-hydrogen) atoms. The van der Waals surface area contributed by atoms with Gasteiger partial charge in [0.1, 0.15) is 5.82 Å². The number of hydrogen-bond acceptors (Lipinski definition) is 3. The molecule has 3 rings (SSSR count). The molecule has 0 radical (unpaired) electrons. The first kappa shape index (κ1) is 14.8. The van der Waals surface area contributed by atoms with E-state index in [0.717, 1.165) is 19.5 Å². The molecule has 2 aliphatic rings. The molecule has 0 spiro atoms. The lowest BCUT2D eigenvalue weighted by molar-refractivity contribution is -0.117. The number of carbonyl (C=O) groups excluding carboxylic acids is 1. The van der Waals surface area contributed by atoms with Crippen molar-refractivity contribution in [2.75, 3.05) is 25.0 Å². The van der Waals surface area contributed by atoms with Crippen molar-refractivity contribution >= 4 is 23.2 Å². The van der Waals surface area contributed by atoms with E-state index in [4.69, 9.17) is 11.6 Å². The molecule has 1 amide bonds. The SMILES string of the molecule is O=C(CN1CCC2CCC(C1)N2)Nc1ccc(Cl)cc1F. The van der Waals surface area contributed by atoms with Gasteiger partial charge in [0.2, 0.25) is 5.91 Å². The lowest BCUT2D eigenvalue weighted by atomic mass is 10.1. The molecule has 2 aliphatic heterocycles. The third-order valence-electron chi connectivity index (χ3n) is 4.18. The monoisotopic (exact) mass is 311 g/mol. The van der Waals surface area contributed by atoms with Crippen molar-refractivity contribution in [3.63, 3.8) is 0 Å². The molecule has 2 heterocycles. The van der Waals surface area contributed by atoms with Crippen LogP contribution in [0.5, 0.6) is 0 Å². The number of hydrogen-bond donors (Lipinski definition) is 2. The molecule has 4 nitrogen and oxygen atoms in total. The molecule has 114 valence electrons. The van der Waals surface area contributed by atoms with E-state index in [1.165, 1.54) is 25.0 Å². The number of rotatable bonds is 3. The lowest BCUT2D eigenvalue weighted by Crippen LogP contribution is -2.39. The van der Waals surface area contributed by atoms with E-state index < -0.39 is 5.82 Å². The Balaban J connectivity index is 1.56. The van der Waals surface area contributed by atoms with E-state index in [1.807, 2.05) is 0 Å². The first-order valence-electron chi connectivity index (χ1n) is 7.33. The smallest absolute Gasteiger partial charge is 0.238 e. The van der Waals surface area contributed by atoms with Crippen molar-refractivity contribution in [2.45, 2.75) is 31.3 Å². The molecule has 2 saturated heterocycles. The van der Waals surface area contributed by atoms with Gasteiger partial charge >= 0.3 is 0 Å². The van der Waals surface area contributed by atoms with E-state index in [-0.39, 0.29) is 11.6 Å². The second kappa shape index (κ2) is 6.30. The predicted molar refractivity (Wildman–Crippen MR) is 81.0 cm³/mol. The number of anilines is 1. The third kappa shape index (κ3) is 3.73. The quantitative estimate of drug-likeness (QED) is 0.900. The maximum atomic E-state index is 13.7. The zero-order valence-corrected chi connectivity index (χ0v) is 12.5. The highest BCUT2D eigenvalue weighted by Gasteiger charge is 2.29. The summed E-state index contributed by atoms with van der Waals surface area (Å²) < 4.78 is 13.7. The van der Waals surface area contributed by atoms with Gasteiger partial charge in [-0.1, -0.05) is 11.6 Å². The average molecular weight is 312 g/mol. The summed E-state index contributed by atoms with van der Waals surface area (Å²) in [5.41, 5.74) is 0.180. The van der Waals surface area contributed by atoms with Gasteiger partial charge in [0, 0.05) is 30.2 Å². The maximum absolute atomic E-state index is 13.7. The molecular formula is C15H19ClFN3O. The van der Waals surface area contributed by atoms with Crippen molar-refractivity contribution in [2.24, 2.45) is 0 Å². The highest BCUT2D eigenvalue weighted by atomic mass is 35.5. The van der Waals surface area contributed by atoms with Crippen molar-refractivity contribution in [3.05, 3.63) is 29.0 Å². The Morgan fingerprint density at radius 3 is 3.00 bits per heavy atom. The van der Waals surface area contributed by atoms with Crippen molar-refractivity contribution < 1.29 is 9.18 Å². The molecule has 0 saturated carbocycles. The molecule has 2 unspecified atom stereocenters. The minimum Gasteiger partial charge on any atom is -0.322 e. The number of fused-ring (bicyclic) bond motifs is 2. The Morgan fingerprint density at radius 2 is 2.19 bits per heavy atom. The van der Waals surface area contributed by atoms with Crippen LogP contribution in [0, 0.1) is 5.82 Å². The van der Waals surface area contributed by atoms with Gasteiger partial charge in [-0.2, -0.15) is 0 Å². The summed E-state index contributed by atoms with van der Waals surface area (Å²) >= 11 is 5.70. The first-order chi connectivity index (χ1) is 10.1. The highest BCUT2D eigenvalue weighted by Crippen LogP contribution is 2.21. The van der Waals surface area contributed by atoms with Gasteiger partial charge in [-0.25, -0.2) is 4.39 Å². The number of nitrogens with one attached hydrogen (secondary N) is 2. The van der Waals surface area contributed by atoms with Crippen LogP contribution in [-0.2, 0) is 4.79 Å². The number of nitrogens with zero attached hydrogens (tertiary/aromatic N) is 1. The molecule has 6 heteroatoms. The number of amides is 1. The Bertz CT molecular complexity index is 540. The van der Waals surface area contributed by atoms with Gasteiger partial charge in [0.25, 0.3) is 0 Å². The number of carbonyl (C=O) groups is 1. The summed E-state index contributed by atoms with van der Waals surface area (Å²) in [6, 6.07) is 5.33. The van der Waals surface area contributed by atoms with Gasteiger partial charge in [-0.15, -0.1) is 0 Å². The molecule has 1 aromatic carbocycles. The minimum atomic E-state index is -0.507. The van der Waals surface area contributed by atoms with E-state index in [2.05, 4.69) is 15.5 Å². The van der Waals surface area contributed by atoms with Crippen LogP contribution in [0.15, 0.2) is 18.2 Å². The van der Waals surface area contributed by atoms with Gasteiger partial charge in [0.05, 0.1) is 12.2 Å². The molecule has 2 fully saturated rings. The summed E-state index contributed by atoms with van der Waals surface area (Å²) in [7, 11) is 0. The van der Waals surface area contributed by atoms with Gasteiger partial charge in [-0.3, -0.25) is 9.69 Å². The third-order valence-corrected chi connectivity index (χ3v) is 4.41. The normalized spacial score (nSPS) is 25.6.